The quantitative estimate of drug-likeness (QED) is 0.250. The van der Waals surface area contributed by atoms with Crippen LogP contribution in [0.15, 0.2) is 48.7 Å². The van der Waals surface area contributed by atoms with Gasteiger partial charge in [0.1, 0.15) is 16.8 Å². The number of amides is 3. The van der Waals surface area contributed by atoms with Gasteiger partial charge < -0.3 is 19.8 Å². The molecule has 2 N–H and O–H groups in total. The zero-order chi connectivity index (χ0) is 39.4. The second-order valence-corrected chi connectivity index (χ2v) is 14.3. The van der Waals surface area contributed by atoms with Gasteiger partial charge in [0.05, 0.1) is 41.6 Å². The standard InChI is InChI=1S/C36H38F7N3O6/c1-19-10-23(37)8-9-24(19)25-14-27(26-16-46(31(51)52-32(2,3)4)30(50)34(26,17-47)18-48)44-15-28(25)45(7)29(49)33(5,6)20-11-21(35(38,39)40)13-22(12-20)36(41,42)43/h8-15,26,47-48H,16-18H2,1-7H3. The summed E-state index contributed by atoms with van der Waals surface area (Å²) in [5.41, 5.74) is -7.83. The van der Waals surface area contributed by atoms with Crippen molar-refractivity contribution in [2.45, 2.75) is 70.8 Å². The van der Waals surface area contributed by atoms with E-state index in [2.05, 4.69) is 4.98 Å². The Morgan fingerprint density at radius 2 is 1.44 bits per heavy atom. The van der Waals surface area contributed by atoms with Gasteiger partial charge in [-0.1, -0.05) is 6.07 Å². The average molecular weight is 742 g/mol. The lowest BCUT2D eigenvalue weighted by molar-refractivity contribution is -0.143. The number of alkyl halides is 6. The molecule has 4 rings (SSSR count). The molecule has 1 aliphatic rings. The van der Waals surface area contributed by atoms with Crippen molar-refractivity contribution in [2.75, 3.05) is 31.7 Å². The van der Waals surface area contributed by atoms with Crippen molar-refractivity contribution < 1.29 is 60.1 Å². The first kappa shape index (κ1) is 40.2. The fraction of sp³-hybridized carbons (Fsp3) is 0.444. The van der Waals surface area contributed by atoms with Gasteiger partial charge >= 0.3 is 18.4 Å². The molecular weight excluding hydrogens is 703 g/mol. The minimum atomic E-state index is -5.16. The first-order chi connectivity index (χ1) is 23.8. The predicted octanol–water partition coefficient (Wildman–Crippen LogP) is 7.01. The lowest BCUT2D eigenvalue weighted by Gasteiger charge is -2.33. The summed E-state index contributed by atoms with van der Waals surface area (Å²) in [6.07, 6.45) is -10.2. The molecular formula is C36H38F7N3O6. The van der Waals surface area contributed by atoms with Crippen LogP contribution in [-0.4, -0.2) is 70.4 Å². The molecule has 9 nitrogen and oxygen atoms in total. The molecule has 1 fully saturated rings. The number of pyridine rings is 1. The first-order valence-corrected chi connectivity index (χ1v) is 15.9. The Hall–Kier alpha value is -4.57. The molecule has 2 heterocycles. The molecule has 1 unspecified atom stereocenters. The average Bonchev–Trinajstić information content (AvgIpc) is 3.34. The smallest absolute Gasteiger partial charge is 0.417 e. The summed E-state index contributed by atoms with van der Waals surface area (Å²) in [5.74, 6) is -3.63. The number of halogens is 7. The van der Waals surface area contributed by atoms with Crippen molar-refractivity contribution in [3.05, 3.63) is 82.4 Å². The number of carbonyl (C=O) groups is 3. The molecule has 1 aromatic heterocycles. The van der Waals surface area contributed by atoms with E-state index in [0.29, 0.717) is 23.3 Å². The molecule has 0 aliphatic carbocycles. The third-order valence-corrected chi connectivity index (χ3v) is 9.13. The summed E-state index contributed by atoms with van der Waals surface area (Å²) in [7, 11) is 1.23. The largest absolute Gasteiger partial charge is 0.443 e. The fourth-order valence-electron chi connectivity index (χ4n) is 6.15. The van der Waals surface area contributed by atoms with Crippen LogP contribution in [0.3, 0.4) is 0 Å². The van der Waals surface area contributed by atoms with Gasteiger partial charge in [0, 0.05) is 30.8 Å². The van der Waals surface area contributed by atoms with Gasteiger partial charge in [-0.25, -0.2) is 14.1 Å². The summed E-state index contributed by atoms with van der Waals surface area (Å²) in [5, 5.41) is 20.9. The Labute approximate surface area is 295 Å². The van der Waals surface area contributed by atoms with Gasteiger partial charge in [0.25, 0.3) is 0 Å². The van der Waals surface area contributed by atoms with Crippen LogP contribution in [0.2, 0.25) is 0 Å². The number of carbonyl (C=O) groups excluding carboxylic acids is 3. The summed E-state index contributed by atoms with van der Waals surface area (Å²) < 4.78 is 102. The number of benzene rings is 2. The zero-order valence-corrected chi connectivity index (χ0v) is 29.3. The van der Waals surface area contributed by atoms with Gasteiger partial charge in [0.2, 0.25) is 11.8 Å². The summed E-state index contributed by atoms with van der Waals surface area (Å²) in [6.45, 7) is 6.39. The molecule has 0 radical (unpaired) electrons. The van der Waals surface area contributed by atoms with Gasteiger partial charge in [0.15, 0.2) is 0 Å². The van der Waals surface area contributed by atoms with E-state index in [1.54, 1.807) is 27.7 Å². The van der Waals surface area contributed by atoms with Gasteiger partial charge in [-0.05, 0) is 94.6 Å². The van der Waals surface area contributed by atoms with Crippen molar-refractivity contribution >= 4 is 23.6 Å². The Kier molecular flexibility index (Phi) is 10.6. The maximum absolute atomic E-state index is 14.2. The zero-order valence-electron chi connectivity index (χ0n) is 29.3. The van der Waals surface area contributed by atoms with E-state index in [4.69, 9.17) is 4.74 Å². The van der Waals surface area contributed by atoms with E-state index in [0.717, 1.165) is 22.1 Å². The first-order valence-electron chi connectivity index (χ1n) is 15.9. The van der Waals surface area contributed by atoms with Gasteiger partial charge in [-0.2, -0.15) is 26.3 Å². The highest BCUT2D eigenvalue weighted by molar-refractivity contribution is 6.03. The molecule has 3 aromatic rings. The minimum absolute atomic E-state index is 0.00790. The van der Waals surface area contributed by atoms with E-state index in [9.17, 15) is 55.3 Å². The molecule has 1 atom stereocenters. The molecule has 0 bridgehead atoms. The number of aliphatic hydroxyl groups excluding tert-OH is 2. The number of anilines is 1. The van der Waals surface area contributed by atoms with Crippen molar-refractivity contribution in [2.24, 2.45) is 5.41 Å². The highest BCUT2D eigenvalue weighted by Crippen LogP contribution is 2.46. The highest BCUT2D eigenvalue weighted by Gasteiger charge is 2.57. The Bertz CT molecular complexity index is 1850. The van der Waals surface area contributed by atoms with Crippen molar-refractivity contribution in [1.82, 2.24) is 9.88 Å². The van der Waals surface area contributed by atoms with Crippen molar-refractivity contribution in [3.8, 4) is 11.1 Å². The molecule has 1 aliphatic heterocycles. The van der Waals surface area contributed by atoms with Crippen LogP contribution in [0.1, 0.15) is 68.5 Å². The lowest BCUT2D eigenvalue weighted by atomic mass is 9.76. The lowest BCUT2D eigenvalue weighted by Crippen LogP contribution is -2.45. The monoisotopic (exact) mass is 741 g/mol. The number of aryl methyl sites for hydroxylation is 1. The normalized spacial score (nSPS) is 16.7. The number of ether oxygens (including phenoxy) is 1. The van der Waals surface area contributed by atoms with Crippen LogP contribution in [0.25, 0.3) is 11.1 Å². The maximum atomic E-state index is 14.2. The van der Waals surface area contributed by atoms with Crippen LogP contribution < -0.4 is 4.90 Å². The van der Waals surface area contributed by atoms with Crippen molar-refractivity contribution in [3.63, 3.8) is 0 Å². The van der Waals surface area contributed by atoms with Crippen LogP contribution >= 0.6 is 0 Å². The SMILES string of the molecule is Cc1cc(F)ccc1-c1cc(C2CN(C(=O)OC(C)(C)C)C(=O)C2(CO)CO)ncc1N(C)C(=O)C(C)(C)c1cc(C(F)(F)F)cc(C(F)(F)F)c1. The maximum Gasteiger partial charge on any atom is 0.417 e. The number of likely N-dealkylation sites (N-methyl/N-ethyl adjacent to an activating group) is 1. The van der Waals surface area contributed by atoms with Crippen molar-refractivity contribution in [1.29, 1.82) is 0 Å². The summed E-state index contributed by atoms with van der Waals surface area (Å²) in [6, 6.07) is 5.98. The van der Waals surface area contributed by atoms with Gasteiger partial charge in [-0.3, -0.25) is 14.6 Å². The fourth-order valence-corrected chi connectivity index (χ4v) is 6.15. The molecule has 1 saturated heterocycles. The topological polar surface area (TPSA) is 120 Å². The Morgan fingerprint density at radius 3 is 1.92 bits per heavy atom. The highest BCUT2D eigenvalue weighted by atomic mass is 19.4. The summed E-state index contributed by atoms with van der Waals surface area (Å²) in [4.78, 5) is 46.9. The van der Waals surface area contributed by atoms with E-state index >= 15 is 0 Å². The van der Waals surface area contributed by atoms with E-state index in [1.165, 1.54) is 39.1 Å². The second-order valence-electron chi connectivity index (χ2n) is 14.3. The number of imide groups is 1. The number of aromatic nitrogens is 1. The molecule has 0 saturated carbocycles. The predicted molar refractivity (Wildman–Crippen MR) is 175 cm³/mol. The van der Waals surface area contributed by atoms with Gasteiger partial charge in [-0.15, -0.1) is 0 Å². The minimum Gasteiger partial charge on any atom is -0.443 e. The van der Waals surface area contributed by atoms with E-state index in [1.807, 2.05) is 0 Å². The number of likely N-dealkylation sites (tertiary alicyclic amines) is 1. The number of nitrogens with zero attached hydrogens (tertiary/aromatic N) is 3. The van der Waals surface area contributed by atoms with Crippen LogP contribution in [0, 0.1) is 18.2 Å². The third-order valence-electron chi connectivity index (χ3n) is 9.13. The molecule has 16 heteroatoms. The molecule has 282 valence electrons. The molecule has 52 heavy (non-hydrogen) atoms. The number of hydrogen-bond acceptors (Lipinski definition) is 7. The van der Waals surface area contributed by atoms with E-state index in [-0.39, 0.29) is 29.6 Å². The number of hydrogen-bond donors (Lipinski definition) is 2. The molecule has 3 amide bonds. The number of rotatable bonds is 7. The molecule has 0 spiro atoms. The third kappa shape index (κ3) is 7.63. The summed E-state index contributed by atoms with van der Waals surface area (Å²) >= 11 is 0. The Morgan fingerprint density at radius 1 is 0.904 bits per heavy atom. The van der Waals surface area contributed by atoms with Crippen LogP contribution in [0.5, 0.6) is 0 Å². The number of aliphatic hydroxyl groups is 2. The Balaban J connectivity index is 1.89. The van der Waals surface area contributed by atoms with Crippen LogP contribution in [0.4, 0.5) is 41.2 Å². The molecule has 2 aromatic carbocycles. The van der Waals surface area contributed by atoms with E-state index < -0.39 is 88.3 Å². The second kappa shape index (κ2) is 13.8. The van der Waals surface area contributed by atoms with Crippen LogP contribution in [-0.2, 0) is 32.1 Å².